The molecular weight excluding hydrogens is 305 g/mol. The Kier molecular flexibility index (Phi) is 4.94. The van der Waals surface area contributed by atoms with Crippen LogP contribution in [0.4, 0.5) is 8.78 Å². The molecule has 6 heteroatoms. The maximum Gasteiger partial charge on any atom is 0.129 e. The van der Waals surface area contributed by atoms with E-state index in [1.54, 1.807) is 18.2 Å². The molecular formula is C14H12Cl2F2N2. The Morgan fingerprint density at radius 1 is 1.10 bits per heavy atom. The summed E-state index contributed by atoms with van der Waals surface area (Å²) in [5, 5.41) is 0.976. The van der Waals surface area contributed by atoms with Crippen molar-refractivity contribution in [1.82, 2.24) is 5.43 Å². The van der Waals surface area contributed by atoms with Crippen molar-refractivity contribution < 1.29 is 8.78 Å². The van der Waals surface area contributed by atoms with Crippen molar-refractivity contribution in [1.29, 1.82) is 0 Å². The molecule has 0 radical (unpaired) electrons. The molecule has 106 valence electrons. The van der Waals surface area contributed by atoms with E-state index in [-0.39, 0.29) is 6.42 Å². The van der Waals surface area contributed by atoms with Gasteiger partial charge in [0.25, 0.3) is 0 Å². The molecule has 0 saturated heterocycles. The Balaban J connectivity index is 2.31. The summed E-state index contributed by atoms with van der Waals surface area (Å²) in [6.07, 6.45) is 0.225. The minimum Gasteiger partial charge on any atom is -0.271 e. The van der Waals surface area contributed by atoms with Gasteiger partial charge in [-0.05, 0) is 41.8 Å². The van der Waals surface area contributed by atoms with E-state index in [0.29, 0.717) is 21.2 Å². The van der Waals surface area contributed by atoms with E-state index in [1.807, 2.05) is 0 Å². The molecule has 0 bridgehead atoms. The van der Waals surface area contributed by atoms with E-state index in [9.17, 15) is 8.78 Å². The molecule has 0 aromatic heterocycles. The van der Waals surface area contributed by atoms with Gasteiger partial charge in [-0.15, -0.1) is 0 Å². The zero-order valence-corrected chi connectivity index (χ0v) is 11.8. The van der Waals surface area contributed by atoms with Crippen molar-refractivity contribution in [3.8, 4) is 0 Å². The Labute approximate surface area is 125 Å². The van der Waals surface area contributed by atoms with Crippen LogP contribution >= 0.6 is 23.2 Å². The van der Waals surface area contributed by atoms with E-state index in [0.717, 1.165) is 6.07 Å². The Bertz CT molecular complexity index is 620. The molecule has 2 rings (SSSR count). The van der Waals surface area contributed by atoms with Crippen LogP contribution in [0.5, 0.6) is 0 Å². The van der Waals surface area contributed by atoms with E-state index in [1.165, 1.54) is 12.1 Å². The molecule has 0 aliphatic rings. The summed E-state index contributed by atoms with van der Waals surface area (Å²) in [4.78, 5) is 0. The second kappa shape index (κ2) is 6.50. The Morgan fingerprint density at radius 2 is 1.85 bits per heavy atom. The quantitative estimate of drug-likeness (QED) is 0.660. The average Bonchev–Trinajstić information content (AvgIpc) is 2.41. The third kappa shape index (κ3) is 3.46. The second-order valence-electron chi connectivity index (χ2n) is 4.32. The second-order valence-corrected chi connectivity index (χ2v) is 5.17. The Morgan fingerprint density at radius 3 is 2.50 bits per heavy atom. The molecule has 2 aromatic rings. The fraction of sp³-hybridized carbons (Fsp3) is 0.143. The van der Waals surface area contributed by atoms with Crippen LogP contribution in [-0.4, -0.2) is 0 Å². The highest BCUT2D eigenvalue weighted by Gasteiger charge is 2.17. The number of nitrogens with two attached hydrogens (primary N) is 1. The zero-order chi connectivity index (χ0) is 14.7. The topological polar surface area (TPSA) is 38.0 Å². The van der Waals surface area contributed by atoms with Crippen LogP contribution in [0, 0.1) is 11.6 Å². The zero-order valence-electron chi connectivity index (χ0n) is 10.3. The van der Waals surface area contributed by atoms with E-state index < -0.39 is 17.7 Å². The number of halogens is 4. The van der Waals surface area contributed by atoms with Gasteiger partial charge in [-0.1, -0.05) is 29.3 Å². The lowest BCUT2D eigenvalue weighted by atomic mass is 9.99. The van der Waals surface area contributed by atoms with Crippen molar-refractivity contribution in [2.24, 2.45) is 5.84 Å². The molecule has 1 atom stereocenters. The van der Waals surface area contributed by atoms with E-state index in [4.69, 9.17) is 29.0 Å². The normalized spacial score (nSPS) is 12.4. The molecule has 2 aromatic carbocycles. The van der Waals surface area contributed by atoms with Crippen LogP contribution in [0.1, 0.15) is 17.2 Å². The average molecular weight is 317 g/mol. The van der Waals surface area contributed by atoms with Gasteiger partial charge in [-0.25, -0.2) is 8.78 Å². The monoisotopic (exact) mass is 316 g/mol. The summed E-state index contributed by atoms with van der Waals surface area (Å²) in [5.74, 6) is 4.26. The summed E-state index contributed by atoms with van der Waals surface area (Å²) in [6, 6.07) is 7.95. The first-order valence-electron chi connectivity index (χ1n) is 5.86. The molecule has 0 heterocycles. The molecule has 0 amide bonds. The van der Waals surface area contributed by atoms with Crippen LogP contribution in [0.25, 0.3) is 0 Å². The molecule has 0 aliphatic heterocycles. The van der Waals surface area contributed by atoms with Gasteiger partial charge in [-0.3, -0.25) is 11.3 Å². The standard InChI is InChI=1S/C14H12Cl2F2N2/c15-9-2-4-12(16)11(6-9)14(20-19)5-8-1-3-10(17)7-13(8)18/h1-4,6-7,14,20H,5,19H2. The Hall–Kier alpha value is -1.20. The number of nitrogens with one attached hydrogen (secondary N) is 1. The number of benzene rings is 2. The predicted molar refractivity (Wildman–Crippen MR) is 76.6 cm³/mol. The number of hydrazine groups is 1. The van der Waals surface area contributed by atoms with Crippen LogP contribution in [-0.2, 0) is 6.42 Å². The third-order valence-corrected chi connectivity index (χ3v) is 3.55. The molecule has 1 unspecified atom stereocenters. The van der Waals surface area contributed by atoms with Crippen LogP contribution in [0.15, 0.2) is 36.4 Å². The first-order chi connectivity index (χ1) is 9.51. The van der Waals surface area contributed by atoms with E-state index in [2.05, 4.69) is 5.43 Å². The van der Waals surface area contributed by atoms with Crippen molar-refractivity contribution >= 4 is 23.2 Å². The van der Waals surface area contributed by atoms with E-state index >= 15 is 0 Å². The first-order valence-corrected chi connectivity index (χ1v) is 6.62. The summed E-state index contributed by atoms with van der Waals surface area (Å²) >= 11 is 12.0. The van der Waals surface area contributed by atoms with Crippen LogP contribution < -0.4 is 11.3 Å². The number of rotatable bonds is 4. The van der Waals surface area contributed by atoms with Gasteiger partial charge in [-0.2, -0.15) is 0 Å². The van der Waals surface area contributed by atoms with Gasteiger partial charge in [0.05, 0.1) is 6.04 Å². The van der Waals surface area contributed by atoms with Gasteiger partial charge in [0, 0.05) is 16.1 Å². The maximum atomic E-state index is 13.7. The molecule has 0 saturated carbocycles. The van der Waals surface area contributed by atoms with Crippen LogP contribution in [0.2, 0.25) is 10.0 Å². The minimum atomic E-state index is -0.622. The predicted octanol–water partition coefficient (Wildman–Crippen LogP) is 4.02. The molecule has 3 N–H and O–H groups in total. The highest BCUT2D eigenvalue weighted by Crippen LogP contribution is 2.28. The SMILES string of the molecule is NNC(Cc1ccc(F)cc1F)c1cc(Cl)ccc1Cl. The van der Waals surface area contributed by atoms with Crippen LogP contribution in [0.3, 0.4) is 0 Å². The van der Waals surface area contributed by atoms with Gasteiger partial charge in [0.1, 0.15) is 11.6 Å². The minimum absolute atomic E-state index is 0.225. The fourth-order valence-corrected chi connectivity index (χ4v) is 2.38. The summed E-state index contributed by atoms with van der Waals surface area (Å²) in [6.45, 7) is 0. The smallest absolute Gasteiger partial charge is 0.129 e. The molecule has 20 heavy (non-hydrogen) atoms. The van der Waals surface area contributed by atoms with Gasteiger partial charge < -0.3 is 0 Å². The van der Waals surface area contributed by atoms with Gasteiger partial charge in [0.15, 0.2) is 0 Å². The summed E-state index contributed by atoms with van der Waals surface area (Å²) < 4.78 is 26.6. The lowest BCUT2D eigenvalue weighted by molar-refractivity contribution is 0.522. The largest absolute Gasteiger partial charge is 0.271 e. The van der Waals surface area contributed by atoms with Crippen molar-refractivity contribution in [3.05, 3.63) is 69.2 Å². The highest BCUT2D eigenvalue weighted by atomic mass is 35.5. The maximum absolute atomic E-state index is 13.7. The van der Waals surface area contributed by atoms with Gasteiger partial charge >= 0.3 is 0 Å². The van der Waals surface area contributed by atoms with Crippen molar-refractivity contribution in [2.45, 2.75) is 12.5 Å². The summed E-state index contributed by atoms with van der Waals surface area (Å²) in [7, 11) is 0. The molecule has 2 nitrogen and oxygen atoms in total. The van der Waals surface area contributed by atoms with Gasteiger partial charge in [0.2, 0.25) is 0 Å². The molecule has 0 aliphatic carbocycles. The lowest BCUT2D eigenvalue weighted by Crippen LogP contribution is -2.30. The fourth-order valence-electron chi connectivity index (χ4n) is 1.95. The number of hydrogen-bond donors (Lipinski definition) is 2. The third-order valence-electron chi connectivity index (χ3n) is 2.97. The number of hydrogen-bond acceptors (Lipinski definition) is 2. The lowest BCUT2D eigenvalue weighted by Gasteiger charge is -2.18. The summed E-state index contributed by atoms with van der Waals surface area (Å²) in [5.41, 5.74) is 3.57. The highest BCUT2D eigenvalue weighted by molar-refractivity contribution is 6.33. The molecule has 0 fully saturated rings. The van der Waals surface area contributed by atoms with Crippen molar-refractivity contribution in [3.63, 3.8) is 0 Å². The molecule has 0 spiro atoms. The van der Waals surface area contributed by atoms with Crippen molar-refractivity contribution in [2.75, 3.05) is 0 Å². The first kappa shape index (κ1) is 15.2.